The fourth-order valence-electron chi connectivity index (χ4n) is 4.12. The van der Waals surface area contributed by atoms with Crippen LogP contribution in [-0.4, -0.2) is 100 Å². The second kappa shape index (κ2) is 10.6. The van der Waals surface area contributed by atoms with Gasteiger partial charge in [-0.25, -0.2) is 0 Å². The van der Waals surface area contributed by atoms with E-state index in [9.17, 15) is 9.59 Å². The first kappa shape index (κ1) is 22.4. The molecule has 8 nitrogen and oxygen atoms in total. The molecule has 2 amide bonds. The SMILES string of the molecule is COCCN1CCN(C(=O)C2CC(=O)N(CCc3ccc(OC)c(OC)c3)C2)CC1. The highest BCUT2D eigenvalue weighted by molar-refractivity contribution is 5.89. The van der Waals surface area contributed by atoms with Crippen LogP contribution in [-0.2, 0) is 20.7 Å². The molecule has 3 rings (SSSR count). The Morgan fingerprint density at radius 1 is 1.03 bits per heavy atom. The Balaban J connectivity index is 1.48. The number of ether oxygens (including phenoxy) is 3. The summed E-state index contributed by atoms with van der Waals surface area (Å²) in [6.45, 7) is 5.87. The lowest BCUT2D eigenvalue weighted by atomic mass is 10.1. The first-order valence-electron chi connectivity index (χ1n) is 10.5. The lowest BCUT2D eigenvalue weighted by Gasteiger charge is -2.35. The predicted octanol–water partition coefficient (Wildman–Crippen LogP) is 0.885. The van der Waals surface area contributed by atoms with Crippen LogP contribution in [0.1, 0.15) is 12.0 Å². The highest BCUT2D eigenvalue weighted by Gasteiger charge is 2.37. The minimum atomic E-state index is -0.228. The van der Waals surface area contributed by atoms with Gasteiger partial charge in [0.15, 0.2) is 11.5 Å². The smallest absolute Gasteiger partial charge is 0.228 e. The van der Waals surface area contributed by atoms with Crippen LogP contribution in [0.4, 0.5) is 0 Å². The maximum atomic E-state index is 12.9. The molecule has 0 radical (unpaired) electrons. The van der Waals surface area contributed by atoms with Gasteiger partial charge in [-0.15, -0.1) is 0 Å². The van der Waals surface area contributed by atoms with Crippen molar-refractivity contribution in [3.05, 3.63) is 23.8 Å². The number of hydrogen-bond donors (Lipinski definition) is 0. The van der Waals surface area contributed by atoms with Gasteiger partial charge in [0.25, 0.3) is 0 Å². The van der Waals surface area contributed by atoms with Crippen molar-refractivity contribution in [2.24, 2.45) is 5.92 Å². The number of nitrogens with zero attached hydrogens (tertiary/aromatic N) is 3. The van der Waals surface area contributed by atoms with Crippen molar-refractivity contribution in [3.8, 4) is 11.5 Å². The molecule has 0 N–H and O–H groups in total. The molecule has 0 aliphatic carbocycles. The van der Waals surface area contributed by atoms with E-state index in [1.54, 1.807) is 21.3 Å². The lowest BCUT2D eigenvalue weighted by molar-refractivity contribution is -0.137. The van der Waals surface area contributed by atoms with Crippen molar-refractivity contribution >= 4 is 11.8 Å². The van der Waals surface area contributed by atoms with Gasteiger partial charge in [0.2, 0.25) is 11.8 Å². The molecule has 0 spiro atoms. The normalized spacial score (nSPS) is 20.0. The molecular formula is C22H33N3O5. The molecule has 0 bridgehead atoms. The van der Waals surface area contributed by atoms with Crippen molar-refractivity contribution in [3.63, 3.8) is 0 Å². The Bertz CT molecular complexity index is 733. The van der Waals surface area contributed by atoms with Gasteiger partial charge in [0, 0.05) is 59.3 Å². The van der Waals surface area contributed by atoms with Crippen molar-refractivity contribution < 1.29 is 23.8 Å². The van der Waals surface area contributed by atoms with Crippen LogP contribution in [0.2, 0.25) is 0 Å². The zero-order valence-electron chi connectivity index (χ0n) is 18.3. The van der Waals surface area contributed by atoms with Crippen LogP contribution < -0.4 is 9.47 Å². The Labute approximate surface area is 178 Å². The van der Waals surface area contributed by atoms with E-state index in [4.69, 9.17) is 14.2 Å². The molecule has 2 saturated heterocycles. The van der Waals surface area contributed by atoms with E-state index in [2.05, 4.69) is 4.90 Å². The summed E-state index contributed by atoms with van der Waals surface area (Å²) in [5.41, 5.74) is 1.07. The second-order valence-corrected chi connectivity index (χ2v) is 7.84. The zero-order chi connectivity index (χ0) is 21.5. The molecule has 1 aromatic carbocycles. The predicted molar refractivity (Wildman–Crippen MR) is 113 cm³/mol. The van der Waals surface area contributed by atoms with Gasteiger partial charge >= 0.3 is 0 Å². The summed E-state index contributed by atoms with van der Waals surface area (Å²) >= 11 is 0. The van der Waals surface area contributed by atoms with Crippen molar-refractivity contribution in [2.75, 3.05) is 73.7 Å². The Morgan fingerprint density at radius 3 is 2.43 bits per heavy atom. The largest absolute Gasteiger partial charge is 0.493 e. The van der Waals surface area contributed by atoms with Crippen LogP contribution in [0.25, 0.3) is 0 Å². The van der Waals surface area contributed by atoms with E-state index < -0.39 is 0 Å². The number of amides is 2. The summed E-state index contributed by atoms with van der Waals surface area (Å²) in [6, 6.07) is 5.79. The fourth-order valence-corrected chi connectivity index (χ4v) is 4.12. The van der Waals surface area contributed by atoms with Crippen LogP contribution in [0.3, 0.4) is 0 Å². The maximum absolute atomic E-state index is 12.9. The number of carbonyl (C=O) groups is 2. The van der Waals surface area contributed by atoms with Crippen molar-refractivity contribution in [2.45, 2.75) is 12.8 Å². The molecular weight excluding hydrogens is 386 g/mol. The molecule has 166 valence electrons. The first-order chi connectivity index (χ1) is 14.5. The number of likely N-dealkylation sites (tertiary alicyclic amines) is 1. The standard InChI is InChI=1S/C22H33N3O5/c1-28-13-12-23-8-10-24(11-9-23)22(27)18-15-21(26)25(16-18)7-6-17-4-5-19(29-2)20(14-17)30-3/h4-5,14,18H,6-13,15-16H2,1-3H3. The fraction of sp³-hybridized carbons (Fsp3) is 0.636. The van der Waals surface area contributed by atoms with Crippen LogP contribution >= 0.6 is 0 Å². The topological polar surface area (TPSA) is 71.6 Å². The minimum absolute atomic E-state index is 0.0626. The summed E-state index contributed by atoms with van der Waals surface area (Å²) in [7, 11) is 4.92. The van der Waals surface area contributed by atoms with Gasteiger partial charge in [-0.2, -0.15) is 0 Å². The van der Waals surface area contributed by atoms with Gasteiger partial charge in [-0.3, -0.25) is 14.5 Å². The van der Waals surface area contributed by atoms with Gasteiger partial charge in [0.05, 0.1) is 26.7 Å². The second-order valence-electron chi connectivity index (χ2n) is 7.84. The van der Waals surface area contributed by atoms with E-state index in [-0.39, 0.29) is 17.7 Å². The average Bonchev–Trinajstić information content (AvgIpc) is 3.16. The molecule has 1 atom stereocenters. The van der Waals surface area contributed by atoms with E-state index in [0.29, 0.717) is 44.0 Å². The number of carbonyl (C=O) groups excluding carboxylic acids is 2. The number of rotatable bonds is 9. The van der Waals surface area contributed by atoms with E-state index >= 15 is 0 Å². The zero-order valence-corrected chi connectivity index (χ0v) is 18.3. The molecule has 2 heterocycles. The molecule has 8 heteroatoms. The van der Waals surface area contributed by atoms with Crippen molar-refractivity contribution in [1.29, 1.82) is 0 Å². The Kier molecular flexibility index (Phi) is 7.93. The van der Waals surface area contributed by atoms with Gasteiger partial charge < -0.3 is 24.0 Å². The molecule has 30 heavy (non-hydrogen) atoms. The van der Waals surface area contributed by atoms with E-state index in [0.717, 1.165) is 38.3 Å². The Hall–Kier alpha value is -2.32. The van der Waals surface area contributed by atoms with Crippen LogP contribution in [0.15, 0.2) is 18.2 Å². The average molecular weight is 420 g/mol. The summed E-state index contributed by atoms with van der Waals surface area (Å²) in [5, 5.41) is 0. The number of hydrogen-bond acceptors (Lipinski definition) is 6. The number of piperazine rings is 1. The summed E-state index contributed by atoms with van der Waals surface area (Å²) < 4.78 is 15.7. The van der Waals surface area contributed by atoms with Gasteiger partial charge in [0.1, 0.15) is 0 Å². The quantitative estimate of drug-likeness (QED) is 0.592. The third-order valence-electron chi connectivity index (χ3n) is 5.98. The molecule has 1 aromatic rings. The Morgan fingerprint density at radius 2 is 1.77 bits per heavy atom. The maximum Gasteiger partial charge on any atom is 0.228 e. The molecule has 2 aliphatic heterocycles. The monoisotopic (exact) mass is 419 g/mol. The van der Waals surface area contributed by atoms with E-state index in [1.807, 2.05) is 28.0 Å². The van der Waals surface area contributed by atoms with Gasteiger partial charge in [-0.05, 0) is 24.1 Å². The summed E-state index contributed by atoms with van der Waals surface area (Å²) in [4.78, 5) is 31.4. The highest BCUT2D eigenvalue weighted by Crippen LogP contribution is 2.28. The molecule has 2 fully saturated rings. The third-order valence-corrected chi connectivity index (χ3v) is 5.98. The number of methoxy groups -OCH3 is 3. The minimum Gasteiger partial charge on any atom is -0.493 e. The van der Waals surface area contributed by atoms with Crippen molar-refractivity contribution in [1.82, 2.24) is 14.7 Å². The lowest BCUT2D eigenvalue weighted by Crippen LogP contribution is -2.51. The number of benzene rings is 1. The molecule has 0 aromatic heterocycles. The van der Waals surface area contributed by atoms with Crippen LogP contribution in [0.5, 0.6) is 11.5 Å². The highest BCUT2D eigenvalue weighted by atomic mass is 16.5. The third kappa shape index (κ3) is 5.43. The van der Waals surface area contributed by atoms with Gasteiger partial charge in [-0.1, -0.05) is 6.07 Å². The molecule has 2 aliphatic rings. The molecule has 1 unspecified atom stereocenters. The first-order valence-corrected chi connectivity index (χ1v) is 10.5. The van der Waals surface area contributed by atoms with E-state index in [1.165, 1.54) is 0 Å². The van der Waals surface area contributed by atoms with Crippen LogP contribution in [0, 0.1) is 5.92 Å². The molecule has 0 saturated carbocycles. The summed E-state index contributed by atoms with van der Waals surface area (Å²) in [6.07, 6.45) is 1.03. The summed E-state index contributed by atoms with van der Waals surface area (Å²) in [5.74, 6) is 1.32.